The maximum absolute atomic E-state index is 12.5. The minimum absolute atomic E-state index is 0. The Bertz CT molecular complexity index is 917. The van der Waals surface area contributed by atoms with Crippen LogP contribution >= 0.6 is 0 Å². The lowest BCUT2D eigenvalue weighted by Gasteiger charge is -2.22. The van der Waals surface area contributed by atoms with Gasteiger partial charge in [-0.15, -0.1) is 0 Å². The van der Waals surface area contributed by atoms with Gasteiger partial charge in [0.15, 0.2) is 0 Å². The van der Waals surface area contributed by atoms with Gasteiger partial charge in [0.05, 0.1) is 5.69 Å². The van der Waals surface area contributed by atoms with Crippen molar-refractivity contribution in [1.29, 1.82) is 0 Å². The Morgan fingerprint density at radius 1 is 0.889 bits per heavy atom. The van der Waals surface area contributed by atoms with E-state index in [9.17, 15) is 4.79 Å². The molecule has 27 heavy (non-hydrogen) atoms. The lowest BCUT2D eigenvalue weighted by atomic mass is 10.1. The van der Waals surface area contributed by atoms with Crippen molar-refractivity contribution in [3.8, 4) is 0 Å². The molecule has 0 saturated carbocycles. The van der Waals surface area contributed by atoms with Crippen LogP contribution < -0.4 is 27.9 Å². The summed E-state index contributed by atoms with van der Waals surface area (Å²) < 4.78 is 0. The number of nitrogens with zero attached hydrogens (tertiary/aromatic N) is 1. The van der Waals surface area contributed by atoms with E-state index in [1.165, 1.54) is 5.69 Å². The van der Waals surface area contributed by atoms with Crippen LogP contribution in [0.25, 0.3) is 10.8 Å². The van der Waals surface area contributed by atoms with E-state index < -0.39 is 0 Å². The summed E-state index contributed by atoms with van der Waals surface area (Å²) in [5.74, 6) is 0. The molecule has 142 valence electrons. The molecule has 0 saturated heterocycles. The maximum atomic E-state index is 12.5. The first-order valence-corrected chi connectivity index (χ1v) is 9.03. The second kappa shape index (κ2) is 9.28. The number of benzene rings is 3. The van der Waals surface area contributed by atoms with Crippen LogP contribution in [0, 0.1) is 6.92 Å². The van der Waals surface area contributed by atoms with Gasteiger partial charge in [-0.1, -0.05) is 36.4 Å². The molecule has 0 fully saturated rings. The number of carbonyl (C=O) groups excluding carboxylic acids is 1. The minimum atomic E-state index is -0.236. The average Bonchev–Trinajstić information content (AvgIpc) is 2.65. The second-order valence-electron chi connectivity index (χ2n) is 6.28. The van der Waals surface area contributed by atoms with Crippen LogP contribution in [0.2, 0.25) is 0 Å². The zero-order valence-corrected chi connectivity index (χ0v) is 16.7. The van der Waals surface area contributed by atoms with Gasteiger partial charge in [0.25, 0.3) is 0 Å². The molecule has 0 aliphatic rings. The molecule has 3 rings (SSSR count). The van der Waals surface area contributed by atoms with Gasteiger partial charge in [-0.2, -0.15) is 0 Å². The van der Waals surface area contributed by atoms with Crippen LogP contribution in [-0.2, 0) is 0 Å². The first kappa shape index (κ1) is 20.6. The molecule has 0 aromatic heterocycles. The number of anilines is 3. The number of carbonyl (C=O) groups is 1. The van der Waals surface area contributed by atoms with Crippen molar-refractivity contribution in [2.24, 2.45) is 0 Å². The molecular formula is C22H25ClN3O-. The summed E-state index contributed by atoms with van der Waals surface area (Å²) in [5.41, 5.74) is 3.84. The average molecular weight is 383 g/mol. The van der Waals surface area contributed by atoms with Crippen molar-refractivity contribution < 1.29 is 17.2 Å². The van der Waals surface area contributed by atoms with E-state index in [4.69, 9.17) is 0 Å². The number of amides is 2. The van der Waals surface area contributed by atoms with E-state index in [1.54, 1.807) is 0 Å². The van der Waals surface area contributed by atoms with E-state index in [-0.39, 0.29) is 18.4 Å². The third kappa shape index (κ3) is 4.72. The normalized spacial score (nSPS) is 10.2. The van der Waals surface area contributed by atoms with Crippen LogP contribution in [0.3, 0.4) is 0 Å². The summed E-state index contributed by atoms with van der Waals surface area (Å²) in [6.07, 6.45) is 0. The lowest BCUT2D eigenvalue weighted by Crippen LogP contribution is -3.00. The van der Waals surface area contributed by atoms with Gasteiger partial charge in [-0.05, 0) is 56.0 Å². The van der Waals surface area contributed by atoms with Crippen molar-refractivity contribution in [3.05, 3.63) is 66.2 Å². The number of hydrogen-bond donors (Lipinski definition) is 2. The number of urea groups is 1. The molecule has 0 aliphatic heterocycles. The highest BCUT2D eigenvalue weighted by Crippen LogP contribution is 2.25. The number of fused-ring (bicyclic) bond motifs is 1. The van der Waals surface area contributed by atoms with E-state index >= 15 is 0 Å². The van der Waals surface area contributed by atoms with Crippen LogP contribution in [0.5, 0.6) is 0 Å². The molecule has 2 N–H and O–H groups in total. The summed E-state index contributed by atoms with van der Waals surface area (Å²) >= 11 is 0. The van der Waals surface area contributed by atoms with Gasteiger partial charge in [0.1, 0.15) is 0 Å². The van der Waals surface area contributed by atoms with Crippen molar-refractivity contribution in [3.63, 3.8) is 0 Å². The number of hydrogen-bond acceptors (Lipinski definition) is 2. The molecule has 0 atom stereocenters. The highest BCUT2D eigenvalue weighted by Gasteiger charge is 2.09. The molecule has 3 aromatic rings. The molecular weight excluding hydrogens is 358 g/mol. The lowest BCUT2D eigenvalue weighted by molar-refractivity contribution is -0.00000818. The topological polar surface area (TPSA) is 44.4 Å². The molecule has 0 unspecified atom stereocenters. The quantitative estimate of drug-likeness (QED) is 0.712. The number of rotatable bonds is 5. The molecule has 0 spiro atoms. The molecule has 0 heterocycles. The zero-order chi connectivity index (χ0) is 18.5. The highest BCUT2D eigenvalue weighted by atomic mass is 35.5. The van der Waals surface area contributed by atoms with Gasteiger partial charge in [-0.3, -0.25) is 0 Å². The third-order valence-corrected chi connectivity index (χ3v) is 4.62. The Kier molecular flexibility index (Phi) is 7.08. The summed E-state index contributed by atoms with van der Waals surface area (Å²) in [6, 6.07) is 19.8. The summed E-state index contributed by atoms with van der Waals surface area (Å²) in [5, 5.41) is 8.05. The zero-order valence-electron chi connectivity index (χ0n) is 15.9. The predicted molar refractivity (Wildman–Crippen MR) is 111 cm³/mol. The fraction of sp³-hybridized carbons (Fsp3) is 0.227. The molecule has 0 bridgehead atoms. The van der Waals surface area contributed by atoms with Crippen LogP contribution in [-0.4, -0.2) is 19.1 Å². The van der Waals surface area contributed by atoms with Gasteiger partial charge in [0.2, 0.25) is 0 Å². The minimum Gasteiger partial charge on any atom is -1.00 e. The standard InChI is InChI=1S/C22H25N3O.ClH/c1-4-25(5-2)18-13-14-20(16(3)15-18)23-22(26)24-21-12-8-10-17-9-6-7-11-19(17)21;/h6-15H,4-5H2,1-3H3,(H2,23,24,26);1H/p-1. The molecule has 0 aliphatic carbocycles. The maximum Gasteiger partial charge on any atom is 0.323 e. The number of nitrogens with one attached hydrogen (secondary N) is 2. The Labute approximate surface area is 167 Å². The summed E-state index contributed by atoms with van der Waals surface area (Å²) in [7, 11) is 0. The Balaban J connectivity index is 0.00000261. The predicted octanol–water partition coefficient (Wildman–Crippen LogP) is 2.64. The second-order valence-corrected chi connectivity index (χ2v) is 6.28. The SMILES string of the molecule is CCN(CC)c1ccc(NC(=O)Nc2cccc3ccccc23)c(C)c1.[Cl-]. The molecule has 3 aromatic carbocycles. The van der Waals surface area contributed by atoms with Crippen LogP contribution in [0.1, 0.15) is 19.4 Å². The Hall–Kier alpha value is -2.72. The van der Waals surface area contributed by atoms with E-state index in [0.717, 1.165) is 40.8 Å². The van der Waals surface area contributed by atoms with Crippen LogP contribution in [0.4, 0.5) is 21.9 Å². The third-order valence-electron chi connectivity index (χ3n) is 4.62. The number of aryl methyl sites for hydroxylation is 1. The monoisotopic (exact) mass is 382 g/mol. The van der Waals surface area contributed by atoms with Crippen molar-refractivity contribution in [1.82, 2.24) is 0 Å². The molecule has 5 heteroatoms. The number of halogens is 1. The van der Waals surface area contributed by atoms with Gasteiger partial charge < -0.3 is 27.9 Å². The summed E-state index contributed by atoms with van der Waals surface area (Å²) in [6.45, 7) is 8.22. The van der Waals surface area contributed by atoms with E-state index in [2.05, 4.69) is 35.4 Å². The van der Waals surface area contributed by atoms with Gasteiger partial charge >= 0.3 is 6.03 Å². The van der Waals surface area contributed by atoms with Crippen molar-refractivity contribution in [2.45, 2.75) is 20.8 Å². The van der Waals surface area contributed by atoms with E-state index in [0.29, 0.717) is 0 Å². The smallest absolute Gasteiger partial charge is 0.323 e. The fourth-order valence-corrected chi connectivity index (χ4v) is 3.18. The fourth-order valence-electron chi connectivity index (χ4n) is 3.18. The van der Waals surface area contributed by atoms with Crippen LogP contribution in [0.15, 0.2) is 60.7 Å². The van der Waals surface area contributed by atoms with Gasteiger partial charge in [0, 0.05) is 29.9 Å². The largest absolute Gasteiger partial charge is 1.00 e. The van der Waals surface area contributed by atoms with Crippen molar-refractivity contribution >= 4 is 33.9 Å². The highest BCUT2D eigenvalue weighted by molar-refractivity contribution is 6.06. The first-order valence-electron chi connectivity index (χ1n) is 9.03. The first-order chi connectivity index (χ1) is 12.6. The van der Waals surface area contributed by atoms with Gasteiger partial charge in [-0.25, -0.2) is 4.79 Å². The van der Waals surface area contributed by atoms with Crippen molar-refractivity contribution in [2.75, 3.05) is 28.6 Å². The Morgan fingerprint density at radius 3 is 2.26 bits per heavy atom. The molecule has 4 nitrogen and oxygen atoms in total. The Morgan fingerprint density at radius 2 is 1.56 bits per heavy atom. The molecule has 0 radical (unpaired) electrons. The molecule has 2 amide bonds. The summed E-state index contributed by atoms with van der Waals surface area (Å²) in [4.78, 5) is 14.8. The van der Waals surface area contributed by atoms with E-state index in [1.807, 2.05) is 61.5 Å².